The van der Waals surface area contributed by atoms with Crippen LogP contribution in [-0.2, 0) is 16.0 Å². The molecule has 21 heavy (non-hydrogen) atoms. The molecule has 5 N–H and O–H groups in total. The van der Waals surface area contributed by atoms with E-state index in [1.807, 2.05) is 0 Å². The Hall–Kier alpha value is -2.08. The molecule has 0 unspecified atom stereocenters. The number of carbonyl (C=O) groups excluding carboxylic acids is 1. The van der Waals surface area contributed by atoms with Crippen LogP contribution in [0.4, 0.5) is 0 Å². The van der Waals surface area contributed by atoms with E-state index < -0.39 is 17.6 Å². The highest BCUT2D eigenvalue weighted by Crippen LogP contribution is 2.13. The maximum absolute atomic E-state index is 12.0. The van der Waals surface area contributed by atoms with Gasteiger partial charge < -0.3 is 21.3 Å². The first-order chi connectivity index (χ1) is 9.69. The molecule has 0 aliphatic rings. The number of nitrogens with one attached hydrogen (secondary N) is 1. The van der Waals surface area contributed by atoms with Crippen molar-refractivity contribution in [2.24, 2.45) is 5.73 Å². The number of carboxylic acids is 1. The number of carboxylic acid groups (broad SMARTS) is 1. The predicted octanol–water partition coefficient (Wildman–Crippen LogP) is 1.02. The Kier molecular flexibility index (Phi) is 5.72. The Morgan fingerprint density at radius 1 is 1.29 bits per heavy atom. The lowest BCUT2D eigenvalue weighted by molar-refractivity contribution is -0.137. The van der Waals surface area contributed by atoms with E-state index in [0.29, 0.717) is 12.8 Å². The number of rotatable bonds is 7. The van der Waals surface area contributed by atoms with Crippen LogP contribution in [0.5, 0.6) is 5.75 Å². The lowest BCUT2D eigenvalue weighted by Gasteiger charge is -2.27. The topological polar surface area (TPSA) is 113 Å². The Labute approximate surface area is 124 Å². The third kappa shape index (κ3) is 6.27. The Morgan fingerprint density at radius 2 is 1.86 bits per heavy atom. The second kappa shape index (κ2) is 7.08. The highest BCUT2D eigenvalue weighted by Gasteiger charge is 2.24. The van der Waals surface area contributed by atoms with E-state index >= 15 is 0 Å². The average molecular weight is 294 g/mol. The minimum Gasteiger partial charge on any atom is -0.508 e. The first-order valence-corrected chi connectivity index (χ1v) is 6.77. The molecule has 1 rings (SSSR count). The fourth-order valence-electron chi connectivity index (χ4n) is 1.89. The fourth-order valence-corrected chi connectivity index (χ4v) is 1.89. The molecule has 0 heterocycles. The number of aliphatic carboxylic acids is 1. The maximum Gasteiger partial charge on any atom is 0.303 e. The number of nitrogens with two attached hydrogens (primary N) is 1. The number of phenols is 1. The van der Waals surface area contributed by atoms with Crippen LogP contribution in [0, 0.1) is 0 Å². The van der Waals surface area contributed by atoms with Crippen molar-refractivity contribution < 1.29 is 19.8 Å². The summed E-state index contributed by atoms with van der Waals surface area (Å²) in [5, 5.41) is 20.6. The Balaban J connectivity index is 2.53. The lowest BCUT2D eigenvalue weighted by Crippen LogP contribution is -2.51. The van der Waals surface area contributed by atoms with Crippen molar-refractivity contribution >= 4 is 11.9 Å². The molecule has 0 spiro atoms. The smallest absolute Gasteiger partial charge is 0.303 e. The standard InChI is InChI=1S/C15H22N2O4/c1-15(2,8-7-13(19)20)17-14(21)12(16)9-10-3-5-11(18)6-4-10/h3-6,12,18H,7-9,16H2,1-2H3,(H,17,21)(H,19,20)/t12-/m0/s1. The van der Waals surface area contributed by atoms with Gasteiger partial charge in [0.2, 0.25) is 5.91 Å². The molecule has 116 valence electrons. The molecule has 0 saturated carbocycles. The summed E-state index contributed by atoms with van der Waals surface area (Å²) in [5.74, 6) is -1.06. The minimum absolute atomic E-state index is 0.0134. The van der Waals surface area contributed by atoms with Gasteiger partial charge in [-0.3, -0.25) is 9.59 Å². The van der Waals surface area contributed by atoms with Gasteiger partial charge in [-0.2, -0.15) is 0 Å². The van der Waals surface area contributed by atoms with E-state index in [9.17, 15) is 14.7 Å². The predicted molar refractivity (Wildman–Crippen MR) is 78.9 cm³/mol. The highest BCUT2D eigenvalue weighted by molar-refractivity contribution is 5.82. The van der Waals surface area contributed by atoms with Gasteiger partial charge >= 0.3 is 5.97 Å². The summed E-state index contributed by atoms with van der Waals surface area (Å²) >= 11 is 0. The van der Waals surface area contributed by atoms with Gasteiger partial charge in [0.25, 0.3) is 0 Å². The normalized spacial score (nSPS) is 12.7. The number of carbonyl (C=O) groups is 2. The average Bonchev–Trinajstić information content (AvgIpc) is 2.38. The summed E-state index contributed by atoms with van der Waals surface area (Å²) in [6.07, 6.45) is 0.668. The quantitative estimate of drug-likeness (QED) is 0.600. The molecule has 0 radical (unpaired) electrons. The number of benzene rings is 1. The van der Waals surface area contributed by atoms with Crippen LogP contribution < -0.4 is 11.1 Å². The number of amides is 1. The summed E-state index contributed by atoms with van der Waals surface area (Å²) in [6, 6.07) is 5.77. The van der Waals surface area contributed by atoms with Gasteiger partial charge in [0, 0.05) is 12.0 Å². The zero-order chi connectivity index (χ0) is 16.0. The molecule has 6 heteroatoms. The molecule has 0 fully saturated rings. The molecule has 1 atom stereocenters. The molecule has 1 aromatic rings. The number of phenolic OH excluding ortho intramolecular Hbond substituents is 1. The van der Waals surface area contributed by atoms with E-state index in [0.717, 1.165) is 5.56 Å². The van der Waals surface area contributed by atoms with Crippen molar-refractivity contribution in [2.75, 3.05) is 0 Å². The molecule has 0 bridgehead atoms. The zero-order valence-electron chi connectivity index (χ0n) is 12.3. The number of hydrogen-bond acceptors (Lipinski definition) is 4. The Morgan fingerprint density at radius 3 is 2.38 bits per heavy atom. The van der Waals surface area contributed by atoms with E-state index in [1.165, 1.54) is 12.1 Å². The van der Waals surface area contributed by atoms with Gasteiger partial charge in [0.1, 0.15) is 5.75 Å². The fraction of sp³-hybridized carbons (Fsp3) is 0.467. The SMILES string of the molecule is CC(C)(CCC(=O)O)NC(=O)[C@@H](N)Cc1ccc(O)cc1. The van der Waals surface area contributed by atoms with E-state index in [2.05, 4.69) is 5.32 Å². The molecule has 1 amide bonds. The monoisotopic (exact) mass is 294 g/mol. The first-order valence-electron chi connectivity index (χ1n) is 6.77. The molecule has 1 aromatic carbocycles. The highest BCUT2D eigenvalue weighted by atomic mass is 16.4. The molecular formula is C15H22N2O4. The van der Waals surface area contributed by atoms with Crippen LogP contribution in [0.15, 0.2) is 24.3 Å². The van der Waals surface area contributed by atoms with Crippen LogP contribution in [0.1, 0.15) is 32.3 Å². The summed E-state index contributed by atoms with van der Waals surface area (Å²) in [4.78, 5) is 22.6. The molecule has 0 aliphatic carbocycles. The van der Waals surface area contributed by atoms with Gasteiger partial charge in [-0.25, -0.2) is 0 Å². The Bertz CT molecular complexity index is 497. The summed E-state index contributed by atoms with van der Waals surface area (Å²) in [7, 11) is 0. The maximum atomic E-state index is 12.0. The van der Waals surface area contributed by atoms with Crippen molar-refractivity contribution in [2.45, 2.75) is 44.7 Å². The number of hydrogen-bond donors (Lipinski definition) is 4. The van der Waals surface area contributed by atoms with Crippen LogP contribution in [0.25, 0.3) is 0 Å². The molecular weight excluding hydrogens is 272 g/mol. The van der Waals surface area contributed by atoms with Crippen LogP contribution >= 0.6 is 0 Å². The summed E-state index contributed by atoms with van der Waals surface area (Å²) < 4.78 is 0. The molecule has 0 aliphatic heterocycles. The van der Waals surface area contributed by atoms with E-state index in [1.54, 1.807) is 26.0 Å². The third-order valence-corrected chi connectivity index (χ3v) is 3.15. The number of aromatic hydroxyl groups is 1. The molecule has 0 aromatic heterocycles. The van der Waals surface area contributed by atoms with Gasteiger partial charge in [-0.05, 0) is 44.4 Å². The van der Waals surface area contributed by atoms with E-state index in [4.69, 9.17) is 10.8 Å². The second-order valence-electron chi connectivity index (χ2n) is 5.74. The van der Waals surface area contributed by atoms with Crippen molar-refractivity contribution in [3.8, 4) is 5.75 Å². The van der Waals surface area contributed by atoms with Crippen molar-refractivity contribution in [1.29, 1.82) is 0 Å². The van der Waals surface area contributed by atoms with Gasteiger partial charge in [0.15, 0.2) is 0 Å². The summed E-state index contributed by atoms with van der Waals surface area (Å²) in [6.45, 7) is 3.53. The van der Waals surface area contributed by atoms with Crippen LogP contribution in [0.3, 0.4) is 0 Å². The second-order valence-corrected chi connectivity index (χ2v) is 5.74. The lowest BCUT2D eigenvalue weighted by atomic mass is 9.97. The third-order valence-electron chi connectivity index (χ3n) is 3.15. The first kappa shape index (κ1) is 17.0. The minimum atomic E-state index is -0.897. The van der Waals surface area contributed by atoms with Gasteiger partial charge in [0.05, 0.1) is 6.04 Å². The largest absolute Gasteiger partial charge is 0.508 e. The molecule has 6 nitrogen and oxygen atoms in total. The van der Waals surface area contributed by atoms with Crippen molar-refractivity contribution in [3.63, 3.8) is 0 Å². The van der Waals surface area contributed by atoms with Gasteiger partial charge in [-0.1, -0.05) is 12.1 Å². The zero-order valence-corrected chi connectivity index (χ0v) is 12.3. The van der Waals surface area contributed by atoms with Crippen LogP contribution in [0.2, 0.25) is 0 Å². The summed E-state index contributed by atoms with van der Waals surface area (Å²) in [5.41, 5.74) is 6.08. The molecule has 0 saturated heterocycles. The van der Waals surface area contributed by atoms with Crippen molar-refractivity contribution in [3.05, 3.63) is 29.8 Å². The van der Waals surface area contributed by atoms with E-state index in [-0.39, 0.29) is 18.1 Å². The van der Waals surface area contributed by atoms with Crippen LogP contribution in [-0.4, -0.2) is 33.7 Å². The van der Waals surface area contributed by atoms with Gasteiger partial charge in [-0.15, -0.1) is 0 Å². The van der Waals surface area contributed by atoms with Crippen molar-refractivity contribution in [1.82, 2.24) is 5.32 Å².